The minimum Gasteiger partial charge on any atom is -0.398 e. The van der Waals surface area contributed by atoms with E-state index >= 15 is 0 Å². The molecule has 0 amide bonds. The third-order valence-electron chi connectivity index (χ3n) is 3.26. The van der Waals surface area contributed by atoms with Gasteiger partial charge in [-0.2, -0.15) is 0 Å². The van der Waals surface area contributed by atoms with Crippen LogP contribution in [-0.4, -0.2) is 24.5 Å². The van der Waals surface area contributed by atoms with E-state index in [1.54, 1.807) is 0 Å². The van der Waals surface area contributed by atoms with Gasteiger partial charge in [-0.25, -0.2) is 0 Å². The van der Waals surface area contributed by atoms with Crippen LogP contribution in [0.2, 0.25) is 0 Å². The van der Waals surface area contributed by atoms with E-state index in [0.29, 0.717) is 5.92 Å². The Morgan fingerprint density at radius 1 is 1.27 bits per heavy atom. The normalized spacial score (nSPS) is 19.3. The maximum Gasteiger partial charge on any atom is 0.0349 e. The summed E-state index contributed by atoms with van der Waals surface area (Å²) in [7, 11) is 0. The van der Waals surface area contributed by atoms with Crippen LogP contribution < -0.4 is 5.73 Å². The average molecular weight is 204 g/mol. The summed E-state index contributed by atoms with van der Waals surface area (Å²) < 4.78 is 0. The van der Waals surface area contributed by atoms with Crippen LogP contribution in [-0.2, 0) is 0 Å². The summed E-state index contributed by atoms with van der Waals surface area (Å²) in [5.41, 5.74) is 8.21. The van der Waals surface area contributed by atoms with Crippen molar-refractivity contribution in [3.63, 3.8) is 0 Å². The van der Waals surface area contributed by atoms with Gasteiger partial charge in [-0.1, -0.05) is 25.1 Å². The third kappa shape index (κ3) is 2.51. The van der Waals surface area contributed by atoms with Gasteiger partial charge in [-0.15, -0.1) is 0 Å². The Bertz CT molecular complexity index is 316. The topological polar surface area (TPSA) is 29.3 Å². The minimum absolute atomic E-state index is 0.546. The monoisotopic (exact) mass is 204 g/mol. The maximum atomic E-state index is 5.98. The summed E-state index contributed by atoms with van der Waals surface area (Å²) in [5.74, 6) is 0.546. The molecule has 82 valence electrons. The summed E-state index contributed by atoms with van der Waals surface area (Å²) in [4.78, 5) is 2.54. The molecule has 0 bridgehead atoms. The van der Waals surface area contributed by atoms with Crippen molar-refractivity contribution in [3.05, 3.63) is 29.8 Å². The van der Waals surface area contributed by atoms with E-state index in [-0.39, 0.29) is 0 Å². The van der Waals surface area contributed by atoms with E-state index in [4.69, 9.17) is 5.73 Å². The Balaban J connectivity index is 2.00. The summed E-state index contributed by atoms with van der Waals surface area (Å²) >= 11 is 0. The molecule has 0 radical (unpaired) electrons. The number of anilines is 1. The first kappa shape index (κ1) is 10.5. The fourth-order valence-electron chi connectivity index (χ4n) is 2.41. The summed E-state index contributed by atoms with van der Waals surface area (Å²) in [6.07, 6.45) is 2.72. The number of hydrogen-bond acceptors (Lipinski definition) is 2. The van der Waals surface area contributed by atoms with Crippen molar-refractivity contribution < 1.29 is 0 Å². The predicted octanol–water partition coefficient (Wildman–Crippen LogP) is 2.47. The molecule has 15 heavy (non-hydrogen) atoms. The van der Waals surface area contributed by atoms with Crippen LogP contribution in [0.4, 0.5) is 5.69 Å². The average Bonchev–Trinajstić information content (AvgIpc) is 2.71. The summed E-state index contributed by atoms with van der Waals surface area (Å²) in [6.45, 7) is 5.94. The number of benzene rings is 1. The number of nitrogens with two attached hydrogens (primary N) is 1. The number of hydrogen-bond donors (Lipinski definition) is 1. The van der Waals surface area contributed by atoms with Crippen molar-refractivity contribution in [1.82, 2.24) is 4.90 Å². The lowest BCUT2D eigenvalue weighted by Gasteiger charge is -2.21. The predicted molar refractivity (Wildman–Crippen MR) is 64.9 cm³/mol. The number of nitrogens with zero attached hydrogens (tertiary/aromatic N) is 1. The molecule has 0 aliphatic carbocycles. The minimum atomic E-state index is 0.546. The van der Waals surface area contributed by atoms with Gasteiger partial charge in [-0.3, -0.25) is 0 Å². The molecule has 1 aromatic rings. The van der Waals surface area contributed by atoms with Gasteiger partial charge in [0.15, 0.2) is 0 Å². The second-order valence-corrected chi connectivity index (χ2v) is 4.54. The number of para-hydroxylation sites is 1. The fourth-order valence-corrected chi connectivity index (χ4v) is 2.41. The van der Waals surface area contributed by atoms with Gasteiger partial charge >= 0.3 is 0 Å². The Morgan fingerprint density at radius 2 is 1.93 bits per heavy atom. The molecule has 0 aromatic heterocycles. The number of nitrogen functional groups attached to an aromatic ring is 1. The molecule has 1 saturated heterocycles. The zero-order valence-corrected chi connectivity index (χ0v) is 9.45. The first-order chi connectivity index (χ1) is 7.27. The standard InChI is InChI=1S/C13H20N2/c1-11(10-15-8-4-5-9-15)12-6-2-3-7-13(12)14/h2-3,6-7,11H,4-5,8-10,14H2,1H3. The Labute approximate surface area is 92.1 Å². The van der Waals surface area contributed by atoms with E-state index in [1.165, 1.54) is 31.5 Å². The smallest absolute Gasteiger partial charge is 0.0349 e. The molecule has 1 aromatic carbocycles. The van der Waals surface area contributed by atoms with Crippen LogP contribution in [0.25, 0.3) is 0 Å². The molecule has 1 atom stereocenters. The van der Waals surface area contributed by atoms with Crippen LogP contribution in [0.15, 0.2) is 24.3 Å². The molecule has 0 saturated carbocycles. The van der Waals surface area contributed by atoms with E-state index < -0.39 is 0 Å². The molecular formula is C13H20N2. The molecule has 1 aliphatic heterocycles. The lowest BCUT2D eigenvalue weighted by molar-refractivity contribution is 0.321. The Kier molecular flexibility index (Phi) is 3.27. The van der Waals surface area contributed by atoms with Crippen LogP contribution in [0, 0.1) is 0 Å². The Morgan fingerprint density at radius 3 is 2.60 bits per heavy atom. The zero-order chi connectivity index (χ0) is 10.7. The van der Waals surface area contributed by atoms with E-state index in [1.807, 2.05) is 12.1 Å². The molecule has 2 rings (SSSR count). The quantitative estimate of drug-likeness (QED) is 0.766. The van der Waals surface area contributed by atoms with Gasteiger partial charge in [0, 0.05) is 12.2 Å². The van der Waals surface area contributed by atoms with Crippen LogP contribution >= 0.6 is 0 Å². The lowest BCUT2D eigenvalue weighted by Crippen LogP contribution is -2.24. The first-order valence-electron chi connectivity index (χ1n) is 5.84. The second-order valence-electron chi connectivity index (χ2n) is 4.54. The molecular weight excluding hydrogens is 184 g/mol. The summed E-state index contributed by atoms with van der Waals surface area (Å²) in [5, 5.41) is 0. The zero-order valence-electron chi connectivity index (χ0n) is 9.45. The van der Waals surface area contributed by atoms with Crippen LogP contribution in [0.5, 0.6) is 0 Å². The third-order valence-corrected chi connectivity index (χ3v) is 3.26. The highest BCUT2D eigenvalue weighted by Crippen LogP contribution is 2.23. The van der Waals surface area contributed by atoms with Crippen molar-refractivity contribution in [2.24, 2.45) is 0 Å². The molecule has 1 unspecified atom stereocenters. The highest BCUT2D eigenvalue weighted by Gasteiger charge is 2.16. The number of likely N-dealkylation sites (tertiary alicyclic amines) is 1. The number of rotatable bonds is 3. The van der Waals surface area contributed by atoms with Gasteiger partial charge in [-0.05, 0) is 43.5 Å². The molecule has 1 fully saturated rings. The maximum absolute atomic E-state index is 5.98. The highest BCUT2D eigenvalue weighted by atomic mass is 15.1. The van der Waals surface area contributed by atoms with Gasteiger partial charge in [0.25, 0.3) is 0 Å². The molecule has 1 aliphatic rings. The molecule has 2 heteroatoms. The SMILES string of the molecule is CC(CN1CCCC1)c1ccccc1N. The fraction of sp³-hybridized carbons (Fsp3) is 0.538. The van der Waals surface area contributed by atoms with Crippen molar-refractivity contribution in [2.45, 2.75) is 25.7 Å². The van der Waals surface area contributed by atoms with Crippen LogP contribution in [0.3, 0.4) is 0 Å². The molecule has 0 spiro atoms. The van der Waals surface area contributed by atoms with Crippen molar-refractivity contribution >= 4 is 5.69 Å². The van der Waals surface area contributed by atoms with Gasteiger partial charge in [0.1, 0.15) is 0 Å². The Hall–Kier alpha value is -1.02. The summed E-state index contributed by atoms with van der Waals surface area (Å²) in [6, 6.07) is 8.22. The van der Waals surface area contributed by atoms with Gasteiger partial charge in [0.2, 0.25) is 0 Å². The largest absolute Gasteiger partial charge is 0.398 e. The van der Waals surface area contributed by atoms with Crippen molar-refractivity contribution in [1.29, 1.82) is 0 Å². The lowest BCUT2D eigenvalue weighted by atomic mass is 9.99. The van der Waals surface area contributed by atoms with Gasteiger partial charge < -0.3 is 10.6 Å². The van der Waals surface area contributed by atoms with E-state index in [9.17, 15) is 0 Å². The van der Waals surface area contributed by atoms with E-state index in [2.05, 4.69) is 24.0 Å². The van der Waals surface area contributed by atoms with Crippen molar-refractivity contribution in [3.8, 4) is 0 Å². The van der Waals surface area contributed by atoms with E-state index in [0.717, 1.165) is 12.2 Å². The second kappa shape index (κ2) is 4.67. The molecule has 2 N–H and O–H groups in total. The first-order valence-corrected chi connectivity index (χ1v) is 5.84. The van der Waals surface area contributed by atoms with Crippen molar-refractivity contribution in [2.75, 3.05) is 25.4 Å². The molecule has 1 heterocycles. The highest BCUT2D eigenvalue weighted by molar-refractivity contribution is 5.48. The van der Waals surface area contributed by atoms with Gasteiger partial charge in [0.05, 0.1) is 0 Å². The van der Waals surface area contributed by atoms with Crippen LogP contribution in [0.1, 0.15) is 31.2 Å². The molecule has 2 nitrogen and oxygen atoms in total.